The predicted octanol–water partition coefficient (Wildman–Crippen LogP) is 3.75. The van der Waals surface area contributed by atoms with Crippen molar-refractivity contribution in [3.63, 3.8) is 0 Å². The fraction of sp³-hybridized carbons (Fsp3) is 0.588. The van der Waals surface area contributed by atoms with E-state index in [1.807, 2.05) is 24.8 Å². The second-order valence-corrected chi connectivity index (χ2v) is 7.02. The number of likely N-dealkylation sites (tertiary alicyclic amines) is 1. The first-order valence-electron chi connectivity index (χ1n) is 7.78. The van der Waals surface area contributed by atoms with E-state index in [4.69, 9.17) is 0 Å². The zero-order chi connectivity index (χ0) is 15.4. The molecule has 1 aromatic carbocycles. The molecule has 4 heteroatoms. The number of amides is 1. The third-order valence-corrected chi connectivity index (χ3v) is 4.88. The van der Waals surface area contributed by atoms with Gasteiger partial charge in [0.15, 0.2) is 0 Å². The van der Waals surface area contributed by atoms with Gasteiger partial charge in [-0.25, -0.2) is 0 Å². The Labute approximate surface area is 136 Å². The standard InChI is InChI=1S/C17H25BrN2O/c1-12(2)17(21)20-10-8-14(9-11-20)19-13(3)15-6-4-5-7-16(15)18/h4-7,12-14,19H,8-11H2,1-3H3. The van der Waals surface area contributed by atoms with Gasteiger partial charge in [0, 0.05) is 35.6 Å². The Morgan fingerprint density at radius 1 is 1.24 bits per heavy atom. The molecule has 0 aliphatic carbocycles. The second kappa shape index (κ2) is 7.41. The number of nitrogens with zero attached hydrogens (tertiary/aromatic N) is 1. The van der Waals surface area contributed by atoms with Crippen LogP contribution in [0.3, 0.4) is 0 Å². The smallest absolute Gasteiger partial charge is 0.225 e. The minimum atomic E-state index is 0.105. The van der Waals surface area contributed by atoms with E-state index in [1.165, 1.54) is 5.56 Å². The molecule has 1 N–H and O–H groups in total. The number of carbonyl (C=O) groups is 1. The van der Waals surface area contributed by atoms with Crippen LogP contribution < -0.4 is 5.32 Å². The van der Waals surface area contributed by atoms with Gasteiger partial charge in [-0.3, -0.25) is 4.79 Å². The third-order valence-electron chi connectivity index (χ3n) is 4.16. The molecule has 21 heavy (non-hydrogen) atoms. The van der Waals surface area contributed by atoms with Crippen molar-refractivity contribution < 1.29 is 4.79 Å². The van der Waals surface area contributed by atoms with Crippen LogP contribution in [0, 0.1) is 5.92 Å². The molecule has 0 aromatic heterocycles. The molecular formula is C17H25BrN2O. The van der Waals surface area contributed by atoms with Crippen molar-refractivity contribution in [3.05, 3.63) is 34.3 Å². The summed E-state index contributed by atoms with van der Waals surface area (Å²) in [5, 5.41) is 3.70. The zero-order valence-corrected chi connectivity index (χ0v) is 14.7. The first kappa shape index (κ1) is 16.5. The van der Waals surface area contributed by atoms with Crippen molar-refractivity contribution in [3.8, 4) is 0 Å². The molecular weight excluding hydrogens is 328 g/mol. The van der Waals surface area contributed by atoms with Gasteiger partial charge in [-0.15, -0.1) is 0 Å². The van der Waals surface area contributed by atoms with E-state index < -0.39 is 0 Å². The van der Waals surface area contributed by atoms with Crippen LogP contribution in [0.1, 0.15) is 45.2 Å². The summed E-state index contributed by atoms with van der Waals surface area (Å²) in [7, 11) is 0. The molecule has 1 aliphatic heterocycles. The van der Waals surface area contributed by atoms with Gasteiger partial charge >= 0.3 is 0 Å². The van der Waals surface area contributed by atoms with E-state index in [9.17, 15) is 4.79 Å². The fourth-order valence-corrected chi connectivity index (χ4v) is 3.53. The number of benzene rings is 1. The SMILES string of the molecule is CC(C)C(=O)N1CCC(NC(C)c2ccccc2Br)CC1. The number of nitrogens with one attached hydrogen (secondary N) is 1. The lowest BCUT2D eigenvalue weighted by molar-refractivity contribution is -0.135. The van der Waals surface area contributed by atoms with Gasteiger partial charge in [0.2, 0.25) is 5.91 Å². The molecule has 1 amide bonds. The summed E-state index contributed by atoms with van der Waals surface area (Å²) in [6, 6.07) is 9.15. The highest BCUT2D eigenvalue weighted by atomic mass is 79.9. The van der Waals surface area contributed by atoms with Gasteiger partial charge in [0.1, 0.15) is 0 Å². The Hall–Kier alpha value is -0.870. The van der Waals surface area contributed by atoms with Crippen LogP contribution in [0.5, 0.6) is 0 Å². The maximum atomic E-state index is 12.0. The molecule has 1 fully saturated rings. The van der Waals surface area contributed by atoms with E-state index in [2.05, 4.69) is 46.4 Å². The Kier molecular flexibility index (Phi) is 5.82. The average molecular weight is 353 g/mol. The van der Waals surface area contributed by atoms with Crippen molar-refractivity contribution in [1.29, 1.82) is 0 Å². The predicted molar refractivity (Wildman–Crippen MR) is 90.1 cm³/mol. The number of rotatable bonds is 4. The van der Waals surface area contributed by atoms with E-state index in [1.54, 1.807) is 0 Å². The lowest BCUT2D eigenvalue weighted by atomic mass is 10.0. The highest BCUT2D eigenvalue weighted by molar-refractivity contribution is 9.10. The summed E-state index contributed by atoms with van der Waals surface area (Å²) in [6.45, 7) is 7.89. The molecule has 1 aromatic rings. The summed E-state index contributed by atoms with van der Waals surface area (Å²) in [5.41, 5.74) is 1.29. The summed E-state index contributed by atoms with van der Waals surface area (Å²) in [6.07, 6.45) is 2.07. The molecule has 0 spiro atoms. The first-order chi connectivity index (χ1) is 9.99. The number of piperidine rings is 1. The van der Waals surface area contributed by atoms with Crippen molar-refractivity contribution in [2.75, 3.05) is 13.1 Å². The van der Waals surface area contributed by atoms with E-state index >= 15 is 0 Å². The number of carbonyl (C=O) groups excluding carboxylic acids is 1. The molecule has 0 bridgehead atoms. The monoisotopic (exact) mass is 352 g/mol. The first-order valence-corrected chi connectivity index (χ1v) is 8.57. The Morgan fingerprint density at radius 3 is 2.43 bits per heavy atom. The van der Waals surface area contributed by atoms with Crippen LogP contribution in [0.15, 0.2) is 28.7 Å². The molecule has 0 saturated carbocycles. The van der Waals surface area contributed by atoms with Crippen molar-refractivity contribution in [1.82, 2.24) is 10.2 Å². The molecule has 1 atom stereocenters. The normalized spacial score (nSPS) is 18.0. The minimum absolute atomic E-state index is 0.105. The van der Waals surface area contributed by atoms with Gasteiger partial charge < -0.3 is 10.2 Å². The van der Waals surface area contributed by atoms with Gasteiger partial charge in [-0.05, 0) is 31.4 Å². The molecule has 116 valence electrons. The maximum Gasteiger partial charge on any atom is 0.225 e. The molecule has 1 heterocycles. The number of hydrogen-bond acceptors (Lipinski definition) is 2. The number of halogens is 1. The number of hydrogen-bond donors (Lipinski definition) is 1. The maximum absolute atomic E-state index is 12.0. The van der Waals surface area contributed by atoms with E-state index in [0.29, 0.717) is 12.1 Å². The topological polar surface area (TPSA) is 32.3 Å². The third kappa shape index (κ3) is 4.30. The Balaban J connectivity index is 1.86. The van der Waals surface area contributed by atoms with Crippen LogP contribution in [0.25, 0.3) is 0 Å². The molecule has 1 saturated heterocycles. The summed E-state index contributed by atoms with van der Waals surface area (Å²) in [4.78, 5) is 14.0. The van der Waals surface area contributed by atoms with E-state index in [0.717, 1.165) is 30.4 Å². The summed E-state index contributed by atoms with van der Waals surface area (Å²) in [5.74, 6) is 0.390. The highest BCUT2D eigenvalue weighted by Crippen LogP contribution is 2.24. The van der Waals surface area contributed by atoms with Crippen LogP contribution in [0.2, 0.25) is 0 Å². The molecule has 2 rings (SSSR count). The zero-order valence-electron chi connectivity index (χ0n) is 13.1. The highest BCUT2D eigenvalue weighted by Gasteiger charge is 2.25. The van der Waals surface area contributed by atoms with Crippen LogP contribution >= 0.6 is 15.9 Å². The summed E-state index contributed by atoms with van der Waals surface area (Å²) >= 11 is 3.61. The molecule has 1 unspecified atom stereocenters. The summed E-state index contributed by atoms with van der Waals surface area (Å²) < 4.78 is 1.15. The second-order valence-electron chi connectivity index (χ2n) is 6.16. The van der Waals surface area contributed by atoms with Gasteiger partial charge in [0.25, 0.3) is 0 Å². The largest absolute Gasteiger partial charge is 0.342 e. The molecule has 3 nitrogen and oxygen atoms in total. The molecule has 0 radical (unpaired) electrons. The van der Waals surface area contributed by atoms with Crippen LogP contribution in [0.4, 0.5) is 0 Å². The van der Waals surface area contributed by atoms with Crippen LogP contribution in [-0.2, 0) is 4.79 Å². The van der Waals surface area contributed by atoms with Gasteiger partial charge in [-0.1, -0.05) is 48.0 Å². The van der Waals surface area contributed by atoms with Crippen molar-refractivity contribution in [2.45, 2.75) is 45.7 Å². The lowest BCUT2D eigenvalue weighted by Crippen LogP contribution is -2.46. The van der Waals surface area contributed by atoms with Crippen LogP contribution in [-0.4, -0.2) is 29.9 Å². The van der Waals surface area contributed by atoms with E-state index in [-0.39, 0.29) is 11.8 Å². The van der Waals surface area contributed by atoms with Gasteiger partial charge in [-0.2, -0.15) is 0 Å². The Bertz CT molecular complexity index is 481. The minimum Gasteiger partial charge on any atom is -0.342 e. The lowest BCUT2D eigenvalue weighted by Gasteiger charge is -2.35. The fourth-order valence-electron chi connectivity index (χ4n) is 2.90. The van der Waals surface area contributed by atoms with Crippen molar-refractivity contribution in [2.24, 2.45) is 5.92 Å². The Morgan fingerprint density at radius 2 is 1.86 bits per heavy atom. The quantitative estimate of drug-likeness (QED) is 0.894. The molecule has 1 aliphatic rings. The average Bonchev–Trinajstić information content (AvgIpc) is 2.47. The van der Waals surface area contributed by atoms with Crippen molar-refractivity contribution >= 4 is 21.8 Å². The van der Waals surface area contributed by atoms with Gasteiger partial charge in [0.05, 0.1) is 0 Å².